The molecule has 2 aromatic rings. The largest absolute Gasteiger partial charge is 0.345 e. The summed E-state index contributed by atoms with van der Waals surface area (Å²) in [6.07, 6.45) is 2.61. The summed E-state index contributed by atoms with van der Waals surface area (Å²) in [6, 6.07) is 7.26. The van der Waals surface area contributed by atoms with Gasteiger partial charge in [-0.3, -0.25) is 9.69 Å². The smallest absolute Gasteiger partial charge is 0.255 e. The van der Waals surface area contributed by atoms with Crippen LogP contribution in [0.25, 0.3) is 0 Å². The standard InChI is InChI=1S/C19H23ClN4OS/c20-17-6-2-1-5-16(17)18(25)23-9-11-24(12-10-23)19-21-15(14-26-19)13-22-7-3-4-8-22/h1-2,5-6,14H,3-4,7-13H2. The molecular formula is C19H23ClN4OS. The van der Waals surface area contributed by atoms with E-state index < -0.39 is 0 Å². The van der Waals surface area contributed by atoms with Crippen molar-refractivity contribution in [1.82, 2.24) is 14.8 Å². The van der Waals surface area contributed by atoms with E-state index in [2.05, 4.69) is 15.2 Å². The molecule has 2 saturated heterocycles. The van der Waals surface area contributed by atoms with Crippen LogP contribution in [0, 0.1) is 0 Å². The molecule has 26 heavy (non-hydrogen) atoms. The third-order valence-electron chi connectivity index (χ3n) is 5.07. The zero-order valence-electron chi connectivity index (χ0n) is 14.7. The number of carbonyl (C=O) groups excluding carboxylic acids is 1. The number of thiazole rings is 1. The van der Waals surface area contributed by atoms with E-state index in [1.54, 1.807) is 23.5 Å². The number of halogens is 1. The molecule has 2 fully saturated rings. The van der Waals surface area contributed by atoms with Crippen molar-refractivity contribution in [1.29, 1.82) is 0 Å². The second kappa shape index (κ2) is 7.94. The Labute approximate surface area is 163 Å². The first-order valence-electron chi connectivity index (χ1n) is 9.16. The molecule has 7 heteroatoms. The van der Waals surface area contributed by atoms with Crippen molar-refractivity contribution in [2.24, 2.45) is 0 Å². The summed E-state index contributed by atoms with van der Waals surface area (Å²) in [5.41, 5.74) is 1.76. The fraction of sp³-hybridized carbons (Fsp3) is 0.474. The third kappa shape index (κ3) is 3.87. The molecule has 0 unspecified atom stereocenters. The highest BCUT2D eigenvalue weighted by atomic mass is 35.5. The normalized spacial score (nSPS) is 18.5. The van der Waals surface area contributed by atoms with Gasteiger partial charge in [-0.05, 0) is 38.1 Å². The Bertz CT molecular complexity index is 766. The van der Waals surface area contributed by atoms with Crippen molar-refractivity contribution >= 4 is 34.0 Å². The summed E-state index contributed by atoms with van der Waals surface area (Å²) in [4.78, 5) is 24.1. The molecular weight excluding hydrogens is 368 g/mol. The highest BCUT2D eigenvalue weighted by Gasteiger charge is 2.25. The van der Waals surface area contributed by atoms with Gasteiger partial charge in [-0.1, -0.05) is 23.7 Å². The number of hydrogen-bond donors (Lipinski definition) is 0. The lowest BCUT2D eigenvalue weighted by atomic mass is 10.2. The van der Waals surface area contributed by atoms with Crippen LogP contribution in [0.3, 0.4) is 0 Å². The fourth-order valence-corrected chi connectivity index (χ4v) is 4.68. The Balaban J connectivity index is 1.34. The van der Waals surface area contributed by atoms with Crippen LogP contribution in [0.5, 0.6) is 0 Å². The Morgan fingerprint density at radius 1 is 1.08 bits per heavy atom. The fourth-order valence-electron chi connectivity index (χ4n) is 3.59. The molecule has 5 nitrogen and oxygen atoms in total. The molecule has 0 bridgehead atoms. The van der Waals surface area contributed by atoms with E-state index >= 15 is 0 Å². The summed E-state index contributed by atoms with van der Waals surface area (Å²) in [6.45, 7) is 6.36. The maximum atomic E-state index is 12.7. The van der Waals surface area contributed by atoms with Crippen molar-refractivity contribution in [3.05, 3.63) is 45.9 Å². The predicted octanol–water partition coefficient (Wildman–Crippen LogP) is 3.35. The lowest BCUT2D eigenvalue weighted by Crippen LogP contribution is -2.48. The summed E-state index contributed by atoms with van der Waals surface area (Å²) in [5.74, 6) is 0.0177. The Hall–Kier alpha value is -1.63. The molecule has 2 aliphatic rings. The van der Waals surface area contributed by atoms with Gasteiger partial charge in [0.25, 0.3) is 5.91 Å². The number of nitrogens with zero attached hydrogens (tertiary/aromatic N) is 4. The van der Waals surface area contributed by atoms with E-state index in [9.17, 15) is 4.79 Å². The van der Waals surface area contributed by atoms with Gasteiger partial charge in [-0.25, -0.2) is 4.98 Å². The predicted molar refractivity (Wildman–Crippen MR) is 106 cm³/mol. The number of hydrogen-bond acceptors (Lipinski definition) is 5. The van der Waals surface area contributed by atoms with Crippen molar-refractivity contribution in [3.8, 4) is 0 Å². The lowest BCUT2D eigenvalue weighted by Gasteiger charge is -2.34. The van der Waals surface area contributed by atoms with Gasteiger partial charge >= 0.3 is 0 Å². The molecule has 0 atom stereocenters. The molecule has 138 valence electrons. The Kier molecular flexibility index (Phi) is 5.43. The van der Waals surface area contributed by atoms with Gasteiger partial charge < -0.3 is 9.80 Å². The first-order valence-corrected chi connectivity index (χ1v) is 10.4. The monoisotopic (exact) mass is 390 g/mol. The van der Waals surface area contributed by atoms with E-state index in [0.717, 1.165) is 24.8 Å². The van der Waals surface area contributed by atoms with E-state index in [-0.39, 0.29) is 5.91 Å². The minimum atomic E-state index is 0.0177. The van der Waals surface area contributed by atoms with Crippen LogP contribution in [-0.2, 0) is 6.54 Å². The molecule has 0 saturated carbocycles. The second-order valence-corrected chi connectivity index (χ2v) is 8.11. The highest BCUT2D eigenvalue weighted by molar-refractivity contribution is 7.13. The van der Waals surface area contributed by atoms with Crippen molar-refractivity contribution in [3.63, 3.8) is 0 Å². The molecule has 0 radical (unpaired) electrons. The maximum absolute atomic E-state index is 12.7. The van der Waals surface area contributed by atoms with Crippen LogP contribution < -0.4 is 4.90 Å². The van der Waals surface area contributed by atoms with E-state index in [4.69, 9.17) is 16.6 Å². The lowest BCUT2D eigenvalue weighted by molar-refractivity contribution is 0.0747. The number of anilines is 1. The summed E-state index contributed by atoms with van der Waals surface area (Å²) >= 11 is 7.88. The SMILES string of the molecule is O=C(c1ccccc1Cl)N1CCN(c2nc(CN3CCCC3)cs2)CC1. The molecule has 4 rings (SSSR count). The molecule has 1 aromatic carbocycles. The Morgan fingerprint density at radius 2 is 1.81 bits per heavy atom. The highest BCUT2D eigenvalue weighted by Crippen LogP contribution is 2.24. The summed E-state index contributed by atoms with van der Waals surface area (Å²) in [5, 5.41) is 3.77. The minimum absolute atomic E-state index is 0.0177. The third-order valence-corrected chi connectivity index (χ3v) is 6.35. The van der Waals surface area contributed by atoms with Gasteiger partial charge in [0.05, 0.1) is 16.3 Å². The van der Waals surface area contributed by atoms with E-state index in [0.29, 0.717) is 23.7 Å². The average Bonchev–Trinajstić information content (AvgIpc) is 3.34. The molecule has 3 heterocycles. The first-order chi connectivity index (χ1) is 12.7. The minimum Gasteiger partial charge on any atom is -0.345 e. The molecule has 0 N–H and O–H groups in total. The summed E-state index contributed by atoms with van der Waals surface area (Å²) in [7, 11) is 0. The number of rotatable bonds is 4. The average molecular weight is 391 g/mol. The van der Waals surface area contributed by atoms with Gasteiger partial charge in [0.1, 0.15) is 0 Å². The number of carbonyl (C=O) groups is 1. The second-order valence-electron chi connectivity index (χ2n) is 6.86. The number of aromatic nitrogens is 1. The van der Waals surface area contributed by atoms with Gasteiger partial charge in [-0.15, -0.1) is 11.3 Å². The van der Waals surface area contributed by atoms with Crippen LogP contribution in [0.4, 0.5) is 5.13 Å². The topological polar surface area (TPSA) is 39.7 Å². The summed E-state index contributed by atoms with van der Waals surface area (Å²) < 4.78 is 0. The van der Waals surface area contributed by atoms with Crippen LogP contribution in [0.15, 0.2) is 29.6 Å². The molecule has 2 aliphatic heterocycles. The first kappa shape index (κ1) is 17.8. The maximum Gasteiger partial charge on any atom is 0.255 e. The van der Waals surface area contributed by atoms with Gasteiger partial charge in [0, 0.05) is 38.1 Å². The van der Waals surface area contributed by atoms with Crippen LogP contribution in [-0.4, -0.2) is 60.0 Å². The zero-order chi connectivity index (χ0) is 17.9. The molecule has 1 amide bonds. The van der Waals surface area contributed by atoms with E-state index in [1.807, 2.05) is 17.0 Å². The zero-order valence-corrected chi connectivity index (χ0v) is 16.3. The van der Waals surface area contributed by atoms with Crippen LogP contribution in [0.1, 0.15) is 28.9 Å². The van der Waals surface area contributed by atoms with Gasteiger partial charge in [-0.2, -0.15) is 0 Å². The van der Waals surface area contributed by atoms with Crippen molar-refractivity contribution in [2.45, 2.75) is 19.4 Å². The van der Waals surface area contributed by atoms with Crippen LogP contribution in [0.2, 0.25) is 5.02 Å². The van der Waals surface area contributed by atoms with Gasteiger partial charge in [0.15, 0.2) is 5.13 Å². The van der Waals surface area contributed by atoms with E-state index in [1.165, 1.54) is 31.6 Å². The number of likely N-dealkylation sites (tertiary alicyclic amines) is 1. The number of piperazine rings is 1. The van der Waals surface area contributed by atoms with Crippen LogP contribution >= 0.6 is 22.9 Å². The van der Waals surface area contributed by atoms with Crippen molar-refractivity contribution < 1.29 is 4.79 Å². The number of benzene rings is 1. The van der Waals surface area contributed by atoms with Gasteiger partial charge in [0.2, 0.25) is 0 Å². The molecule has 0 spiro atoms. The Morgan fingerprint density at radius 3 is 2.54 bits per heavy atom. The quantitative estimate of drug-likeness (QED) is 0.802. The van der Waals surface area contributed by atoms with Crippen molar-refractivity contribution in [2.75, 3.05) is 44.2 Å². The number of amides is 1. The molecule has 0 aliphatic carbocycles. The molecule has 1 aromatic heterocycles.